The van der Waals surface area contributed by atoms with E-state index in [4.69, 9.17) is 9.88 Å². The van der Waals surface area contributed by atoms with Crippen LogP contribution in [0.25, 0.3) is 0 Å². The molecule has 2 aromatic rings. The van der Waals surface area contributed by atoms with Gasteiger partial charge in [-0.2, -0.15) is 5.10 Å². The molecular weight excluding hydrogens is 306 g/mol. The van der Waals surface area contributed by atoms with Crippen LogP contribution in [-0.2, 0) is 10.0 Å². The number of hydrogen-bond donors (Lipinski definition) is 3. The average molecular weight is 321 g/mol. The van der Waals surface area contributed by atoms with Crippen molar-refractivity contribution in [1.29, 1.82) is 0 Å². The van der Waals surface area contributed by atoms with Crippen LogP contribution in [0.5, 0.6) is 11.5 Å². The summed E-state index contributed by atoms with van der Waals surface area (Å²) in [5.74, 6) is 0.660. The monoisotopic (exact) mass is 321 g/mol. The highest BCUT2D eigenvalue weighted by Gasteiger charge is 2.06. The maximum absolute atomic E-state index is 11.1. The molecule has 0 aliphatic rings. The molecule has 2 rings (SSSR count). The number of hydrogen-bond acceptors (Lipinski definition) is 6. The Hall–Kier alpha value is -2.58. The van der Waals surface area contributed by atoms with Crippen LogP contribution in [-0.4, -0.2) is 26.8 Å². The molecule has 0 amide bonds. The van der Waals surface area contributed by atoms with Crippen molar-refractivity contribution >= 4 is 21.9 Å². The average Bonchev–Trinajstić information content (AvgIpc) is 2.49. The summed E-state index contributed by atoms with van der Waals surface area (Å²) in [6.45, 7) is 0. The zero-order valence-corrected chi connectivity index (χ0v) is 12.5. The quantitative estimate of drug-likeness (QED) is 0.570. The van der Waals surface area contributed by atoms with Crippen molar-refractivity contribution in [2.45, 2.75) is 4.90 Å². The van der Waals surface area contributed by atoms with E-state index in [2.05, 4.69) is 10.5 Å². The Morgan fingerprint density at radius 2 is 1.91 bits per heavy atom. The Bertz CT molecular complexity index is 786. The number of nitrogens with zero attached hydrogens (tertiary/aromatic N) is 1. The number of benzene rings is 2. The number of anilines is 1. The van der Waals surface area contributed by atoms with E-state index in [1.54, 1.807) is 12.1 Å². The largest absolute Gasteiger partial charge is 0.507 e. The lowest BCUT2D eigenvalue weighted by molar-refractivity contribution is 0.412. The van der Waals surface area contributed by atoms with Crippen molar-refractivity contribution in [2.24, 2.45) is 10.2 Å². The van der Waals surface area contributed by atoms with Gasteiger partial charge in [-0.1, -0.05) is 0 Å². The minimum Gasteiger partial charge on any atom is -0.507 e. The molecule has 0 saturated heterocycles. The van der Waals surface area contributed by atoms with Crippen molar-refractivity contribution in [1.82, 2.24) is 0 Å². The highest BCUT2D eigenvalue weighted by Crippen LogP contribution is 2.21. The van der Waals surface area contributed by atoms with Gasteiger partial charge in [-0.25, -0.2) is 13.6 Å². The molecule has 116 valence electrons. The number of methoxy groups -OCH3 is 1. The SMILES string of the molecule is COc1ccc(O)c(C=NNc2ccc(S(N)(=O)=O)cc2)c1. The molecule has 0 radical (unpaired) electrons. The van der Waals surface area contributed by atoms with Crippen LogP contribution in [0.4, 0.5) is 5.69 Å². The third-order valence-corrected chi connectivity index (χ3v) is 3.74. The lowest BCUT2D eigenvalue weighted by Gasteiger charge is -2.04. The van der Waals surface area contributed by atoms with Gasteiger partial charge in [0.15, 0.2) is 0 Å². The summed E-state index contributed by atoms with van der Waals surface area (Å²) < 4.78 is 27.3. The van der Waals surface area contributed by atoms with Crippen molar-refractivity contribution in [3.63, 3.8) is 0 Å². The summed E-state index contributed by atoms with van der Waals surface area (Å²) in [6.07, 6.45) is 1.42. The van der Waals surface area contributed by atoms with Gasteiger partial charge in [-0.15, -0.1) is 0 Å². The van der Waals surface area contributed by atoms with E-state index in [0.29, 0.717) is 17.0 Å². The first-order valence-electron chi connectivity index (χ1n) is 6.19. The molecule has 0 saturated carbocycles. The van der Waals surface area contributed by atoms with Gasteiger partial charge in [0.05, 0.1) is 23.9 Å². The number of sulfonamides is 1. The first-order chi connectivity index (χ1) is 10.4. The van der Waals surface area contributed by atoms with Crippen LogP contribution in [0.1, 0.15) is 5.56 Å². The number of aromatic hydroxyl groups is 1. The maximum Gasteiger partial charge on any atom is 0.238 e. The molecule has 0 aliphatic carbocycles. The predicted octanol–water partition coefficient (Wildman–Crippen LogP) is 1.49. The molecule has 0 aromatic heterocycles. The molecule has 0 fully saturated rings. The predicted molar refractivity (Wildman–Crippen MR) is 83.7 cm³/mol. The molecule has 22 heavy (non-hydrogen) atoms. The van der Waals surface area contributed by atoms with E-state index in [1.165, 1.54) is 43.7 Å². The zero-order valence-electron chi connectivity index (χ0n) is 11.7. The standard InChI is InChI=1S/C14H15N3O4S/c1-21-12-4-7-14(18)10(8-12)9-16-17-11-2-5-13(6-3-11)22(15,19)20/h2-9,17-18H,1H3,(H2,15,19,20). The van der Waals surface area contributed by atoms with Gasteiger partial charge in [-0.3, -0.25) is 5.43 Å². The summed E-state index contributed by atoms with van der Waals surface area (Å²) in [6, 6.07) is 10.6. The first kappa shape index (κ1) is 15.8. The van der Waals surface area contributed by atoms with Crippen LogP contribution >= 0.6 is 0 Å². The maximum atomic E-state index is 11.1. The van der Waals surface area contributed by atoms with Crippen molar-refractivity contribution in [3.8, 4) is 11.5 Å². The minimum absolute atomic E-state index is 0.0208. The second kappa shape index (κ2) is 6.46. The van der Waals surface area contributed by atoms with Gasteiger partial charge in [0.1, 0.15) is 11.5 Å². The van der Waals surface area contributed by atoms with Gasteiger partial charge in [0, 0.05) is 5.56 Å². The van der Waals surface area contributed by atoms with Crippen LogP contribution in [0.3, 0.4) is 0 Å². The fraction of sp³-hybridized carbons (Fsp3) is 0.0714. The highest BCUT2D eigenvalue weighted by molar-refractivity contribution is 7.89. The van der Waals surface area contributed by atoms with E-state index in [1.807, 2.05) is 0 Å². The molecule has 0 spiro atoms. The number of phenols is 1. The molecule has 2 aromatic carbocycles. The number of ether oxygens (including phenoxy) is 1. The normalized spacial score (nSPS) is 11.5. The second-order valence-electron chi connectivity index (χ2n) is 4.36. The summed E-state index contributed by atoms with van der Waals surface area (Å²) in [5, 5.41) is 18.7. The van der Waals surface area contributed by atoms with Gasteiger partial charge in [-0.05, 0) is 42.5 Å². The Kier molecular flexibility index (Phi) is 4.64. The van der Waals surface area contributed by atoms with E-state index in [9.17, 15) is 13.5 Å². The number of hydrazone groups is 1. The second-order valence-corrected chi connectivity index (χ2v) is 5.93. The molecule has 0 aliphatic heterocycles. The van der Waals surface area contributed by atoms with Crippen LogP contribution < -0.4 is 15.3 Å². The van der Waals surface area contributed by atoms with Gasteiger partial charge in [0.2, 0.25) is 10.0 Å². The molecule has 7 nitrogen and oxygen atoms in total. The molecule has 0 bridgehead atoms. The van der Waals surface area contributed by atoms with Crippen molar-refractivity contribution in [3.05, 3.63) is 48.0 Å². The third-order valence-electron chi connectivity index (χ3n) is 2.81. The summed E-state index contributed by atoms with van der Waals surface area (Å²) in [7, 11) is -2.18. The van der Waals surface area contributed by atoms with E-state index in [0.717, 1.165) is 0 Å². The lowest BCUT2D eigenvalue weighted by Crippen LogP contribution is -2.11. The van der Waals surface area contributed by atoms with E-state index >= 15 is 0 Å². The topological polar surface area (TPSA) is 114 Å². The smallest absolute Gasteiger partial charge is 0.238 e. The van der Waals surface area contributed by atoms with Gasteiger partial charge < -0.3 is 9.84 Å². The molecule has 0 atom stereocenters. The Morgan fingerprint density at radius 3 is 2.50 bits per heavy atom. The fourth-order valence-electron chi connectivity index (χ4n) is 1.66. The number of nitrogens with two attached hydrogens (primary N) is 1. The first-order valence-corrected chi connectivity index (χ1v) is 7.74. The Labute approximate surface area is 128 Å². The van der Waals surface area contributed by atoms with Crippen molar-refractivity contribution in [2.75, 3.05) is 12.5 Å². The molecule has 8 heteroatoms. The summed E-state index contributed by atoms with van der Waals surface area (Å²) >= 11 is 0. The fourth-order valence-corrected chi connectivity index (χ4v) is 2.17. The number of primary sulfonamides is 1. The molecule has 0 unspecified atom stereocenters. The Morgan fingerprint density at radius 1 is 1.23 bits per heavy atom. The van der Waals surface area contributed by atoms with Gasteiger partial charge >= 0.3 is 0 Å². The number of rotatable bonds is 5. The zero-order chi connectivity index (χ0) is 16.2. The van der Waals surface area contributed by atoms with E-state index < -0.39 is 10.0 Å². The van der Waals surface area contributed by atoms with Crippen LogP contribution in [0.2, 0.25) is 0 Å². The summed E-state index contributed by atoms with van der Waals surface area (Å²) in [4.78, 5) is 0.0208. The molecule has 4 N–H and O–H groups in total. The van der Waals surface area contributed by atoms with E-state index in [-0.39, 0.29) is 10.6 Å². The third kappa shape index (κ3) is 3.96. The highest BCUT2D eigenvalue weighted by atomic mass is 32.2. The van der Waals surface area contributed by atoms with Crippen molar-refractivity contribution < 1.29 is 18.3 Å². The van der Waals surface area contributed by atoms with Crippen LogP contribution in [0, 0.1) is 0 Å². The lowest BCUT2D eigenvalue weighted by atomic mass is 10.2. The Balaban J connectivity index is 2.10. The minimum atomic E-state index is -3.71. The van der Waals surface area contributed by atoms with Gasteiger partial charge in [0.25, 0.3) is 0 Å². The summed E-state index contributed by atoms with van der Waals surface area (Å²) in [5.41, 5.74) is 3.77. The number of phenolic OH excluding ortho intramolecular Hbond substituents is 1. The number of nitrogens with one attached hydrogen (secondary N) is 1. The molecular formula is C14H15N3O4S. The van der Waals surface area contributed by atoms with Crippen LogP contribution in [0.15, 0.2) is 52.5 Å². The molecule has 0 heterocycles.